The standard InChI is InChI=1S/2C21H22P.4HI.4Mn.2H2O.10O/c2*1-18(2)22(19-12-6-3-7-13-19,20-14-8-4-9-15-20)21-16-10-5-11-17-21;;;;;;;;;;;;;;;;;;;;/h2*3-18H,1-2H3;4*1H;;;;;2*1H2;;;;;;;;;;/q2*+1;;;;;2*+1;2*+2;;;;;;;;;;;2*-1/p-6. The van der Waals surface area contributed by atoms with E-state index in [0.29, 0.717) is 11.3 Å². The van der Waals surface area contributed by atoms with Crippen molar-refractivity contribution in [3.8, 4) is 0 Å². The van der Waals surface area contributed by atoms with Gasteiger partial charge in [0, 0.05) is 0 Å². The number of hydrogen-bond donors (Lipinski definition) is 2. The van der Waals surface area contributed by atoms with Crippen molar-refractivity contribution < 1.29 is 86.6 Å². The zero-order chi connectivity index (χ0) is 48.8. The molecule has 0 aromatic heterocycles. The second kappa shape index (κ2) is 29.4. The van der Waals surface area contributed by atoms with Crippen LogP contribution in [0.15, 0.2) is 182 Å². The number of rotatable bonds is 8. The molecule has 0 unspecified atom stereocenters. The summed E-state index contributed by atoms with van der Waals surface area (Å²) in [5.74, 6) is 0. The van der Waals surface area contributed by atoms with Crippen LogP contribution in [0.3, 0.4) is 0 Å². The van der Waals surface area contributed by atoms with Gasteiger partial charge in [-0.15, -0.1) is 0 Å². The monoisotopic (exact) mass is 1530 g/mol. The van der Waals surface area contributed by atoms with E-state index in [1.54, 1.807) is 0 Å². The first-order valence-corrected chi connectivity index (χ1v) is 42.9. The summed E-state index contributed by atoms with van der Waals surface area (Å²) in [6.07, 6.45) is 0. The molecular formula is C42H46I4Mn4O12P2. The molecule has 0 radical (unpaired) electrons. The quantitative estimate of drug-likeness (QED) is 0.0844. The van der Waals surface area contributed by atoms with Gasteiger partial charge in [0.1, 0.15) is 46.4 Å². The summed E-state index contributed by atoms with van der Waals surface area (Å²) in [4.78, 5) is 0. The fourth-order valence-corrected chi connectivity index (χ4v) is 15.9. The Kier molecular flexibility index (Phi) is 28.3. The van der Waals surface area contributed by atoms with Crippen LogP contribution in [0.25, 0.3) is 0 Å². The van der Waals surface area contributed by atoms with E-state index in [1.807, 2.05) is 0 Å². The second-order valence-corrected chi connectivity index (χ2v) is 42.6. The molecule has 0 heterocycles. The van der Waals surface area contributed by atoms with Crippen LogP contribution >= 0.6 is 95.9 Å². The summed E-state index contributed by atoms with van der Waals surface area (Å²) in [7, 11) is -20.4. The van der Waals surface area contributed by atoms with Gasteiger partial charge >= 0.3 is 168 Å². The molecule has 0 bridgehead atoms. The second-order valence-electron chi connectivity index (χ2n) is 13.1. The van der Waals surface area contributed by atoms with Gasteiger partial charge in [-0.1, -0.05) is 109 Å². The number of halogens is 4. The minimum absolute atomic E-state index is 0.555. The van der Waals surface area contributed by atoms with Crippen LogP contribution in [0.4, 0.5) is 0 Å². The van der Waals surface area contributed by atoms with Crippen molar-refractivity contribution in [2.75, 3.05) is 0 Å². The molecule has 0 amide bonds. The Morgan fingerprint density at radius 2 is 0.438 bits per heavy atom. The van der Waals surface area contributed by atoms with Crippen LogP contribution in [-0.4, -0.2) is 19.7 Å². The van der Waals surface area contributed by atoms with E-state index < -0.39 is 53.7 Å². The Morgan fingerprint density at radius 1 is 0.344 bits per heavy atom. The Labute approximate surface area is 429 Å². The average molecular weight is 1530 g/mol. The summed E-state index contributed by atoms with van der Waals surface area (Å²) in [6.45, 7) is 9.45. The minimum atomic E-state index is -4.40. The zero-order valence-electron chi connectivity index (χ0n) is 34.4. The first kappa shape index (κ1) is 61.4. The maximum atomic E-state index is 9.23. The topological polar surface area (TPSA) is 223 Å². The van der Waals surface area contributed by atoms with Gasteiger partial charge in [-0.3, -0.25) is 0 Å². The normalized spacial score (nSPS) is 11.6. The molecular weight excluding hydrogens is 1490 g/mol. The molecule has 12 nitrogen and oxygen atoms in total. The molecule has 0 fully saturated rings. The van der Waals surface area contributed by atoms with Crippen LogP contribution in [0.2, 0.25) is 0 Å². The molecule has 22 heteroatoms. The predicted molar refractivity (Wildman–Crippen MR) is 267 cm³/mol. The van der Waals surface area contributed by atoms with Crippen LogP contribution in [-0.2, 0) is 69.8 Å². The summed E-state index contributed by atoms with van der Waals surface area (Å²) in [5.41, 5.74) is 1.11. The summed E-state index contributed by atoms with van der Waals surface area (Å²) in [6, 6.07) is 66.2. The molecule has 0 saturated heterocycles. The van der Waals surface area contributed by atoms with Crippen LogP contribution in [0.5, 0.6) is 0 Å². The molecule has 0 aliphatic carbocycles. The number of benzene rings is 6. The molecule has 6 aromatic rings. The number of hydrogen-bond acceptors (Lipinski definition) is 10. The first-order valence-electron chi connectivity index (χ1n) is 18.1. The summed E-state index contributed by atoms with van der Waals surface area (Å²) >= 11 is 3.63. The Bertz CT molecular complexity index is 2220. The first-order chi connectivity index (χ1) is 29.5. The third-order valence-electron chi connectivity index (χ3n) is 8.53. The fourth-order valence-electron chi connectivity index (χ4n) is 6.66. The van der Waals surface area contributed by atoms with Gasteiger partial charge in [-0.2, -0.15) is 0 Å². The van der Waals surface area contributed by atoms with Crippen LogP contribution < -0.4 is 40.2 Å². The predicted octanol–water partition coefficient (Wildman–Crippen LogP) is 7.87. The third kappa shape index (κ3) is 24.6. The van der Waals surface area contributed by atoms with Crippen molar-refractivity contribution in [2.45, 2.75) is 39.0 Å². The fraction of sp³-hybridized carbons (Fsp3) is 0.143. The zero-order valence-corrected chi connectivity index (χ0v) is 49.5. The molecule has 6 rings (SSSR count). The van der Waals surface area contributed by atoms with Crippen molar-refractivity contribution in [3.05, 3.63) is 182 Å². The molecule has 6 aromatic carbocycles. The molecule has 0 aliphatic heterocycles. The molecule has 0 atom stereocenters. The van der Waals surface area contributed by atoms with Crippen LogP contribution in [0.1, 0.15) is 27.7 Å². The maximum absolute atomic E-state index is 9.23. The van der Waals surface area contributed by atoms with Gasteiger partial charge in [0.25, 0.3) is 0 Å². The van der Waals surface area contributed by atoms with Crippen LogP contribution in [0, 0.1) is 0 Å². The SMILES string of the molecule is CC(C)[P+](c1ccccc1)(c1ccccc1)c1ccccc1.CC(C)[P+](c1ccccc1)(c1ccccc1)c1ccccc1.[O]=[Mn](=[O])([O-])[I].[O]=[Mn](=[O])([O-])[I].[O]=[Mn](=[O])([OH])[I].[O]=[Mn](=[O])([OH])[I]. The van der Waals surface area contributed by atoms with Crippen molar-refractivity contribution in [2.24, 2.45) is 0 Å². The summed E-state index contributed by atoms with van der Waals surface area (Å²) in [5, 5.41) is 8.76. The molecule has 64 heavy (non-hydrogen) atoms. The van der Waals surface area contributed by atoms with Gasteiger partial charge in [0.2, 0.25) is 0 Å². The van der Waals surface area contributed by atoms with E-state index in [9.17, 15) is 15.3 Å². The van der Waals surface area contributed by atoms with Crippen molar-refractivity contribution in [1.29, 1.82) is 0 Å². The molecule has 0 spiro atoms. The van der Waals surface area contributed by atoms with Crippen molar-refractivity contribution in [1.82, 2.24) is 0 Å². The van der Waals surface area contributed by atoms with E-state index in [4.69, 9.17) is 32.1 Å². The average Bonchev–Trinajstić information content (AvgIpc) is 3.19. The van der Waals surface area contributed by atoms with Gasteiger partial charge in [-0.05, 0) is 100 Å². The molecule has 2 N–H and O–H groups in total. The van der Waals surface area contributed by atoms with Gasteiger partial charge in [0.05, 0.1) is 11.3 Å². The van der Waals surface area contributed by atoms with E-state index in [1.165, 1.54) is 31.8 Å². The van der Waals surface area contributed by atoms with E-state index in [0.717, 1.165) is 81.4 Å². The Balaban J connectivity index is 0.000000452. The Hall–Kier alpha value is -0.582. The van der Waals surface area contributed by atoms with Crippen molar-refractivity contribution in [3.63, 3.8) is 0 Å². The molecule has 0 aliphatic rings. The van der Waals surface area contributed by atoms with Gasteiger partial charge in [-0.25, -0.2) is 0 Å². The molecule has 352 valence electrons. The van der Waals surface area contributed by atoms with Crippen molar-refractivity contribution >= 4 is 128 Å². The van der Waals surface area contributed by atoms with E-state index >= 15 is 0 Å². The van der Waals surface area contributed by atoms with Gasteiger partial charge in [0.15, 0.2) is 0 Å². The third-order valence-corrected chi connectivity index (χ3v) is 18.3. The molecule has 0 saturated carbocycles. The van der Waals surface area contributed by atoms with E-state index in [-0.39, 0.29) is 0 Å². The summed E-state index contributed by atoms with van der Waals surface area (Å²) < 4.78 is 107. The van der Waals surface area contributed by atoms with E-state index in [2.05, 4.69) is 210 Å². The van der Waals surface area contributed by atoms with Gasteiger partial charge < -0.3 is 0 Å². The Morgan fingerprint density at radius 3 is 0.516 bits per heavy atom.